The molecule has 0 N–H and O–H groups in total. The van der Waals surface area contributed by atoms with Crippen LogP contribution in [0.2, 0.25) is 0 Å². The third kappa shape index (κ3) is 7.20. The standard InChI is InChI=1S/C29H32N2O5S/c1-3-35-28(33)18-27-31(19-26(32)30-14-12-21(2)13-15-30)29(34)25(37-27)17-23-10-7-11-24(16-23)36-20-22-8-5-4-6-9-22/h4-11,16-18,21H,3,12-15,19-20H2,1-2H3. The number of hydrogen-bond donors (Lipinski definition) is 0. The Morgan fingerprint density at radius 2 is 1.84 bits per heavy atom. The number of piperidine rings is 1. The second-order valence-corrected chi connectivity index (χ2v) is 10.2. The molecule has 0 spiro atoms. The average molecular weight is 521 g/mol. The lowest BCUT2D eigenvalue weighted by molar-refractivity contribution is -0.136. The van der Waals surface area contributed by atoms with E-state index in [1.54, 1.807) is 17.9 Å². The number of carbonyl (C=O) groups excluding carboxylic acids is 2. The maximum absolute atomic E-state index is 13.4. The fourth-order valence-electron chi connectivity index (χ4n) is 4.16. The predicted molar refractivity (Wildman–Crippen MR) is 145 cm³/mol. The van der Waals surface area contributed by atoms with Crippen molar-refractivity contribution in [3.63, 3.8) is 0 Å². The highest BCUT2D eigenvalue weighted by Crippen LogP contribution is 2.17. The van der Waals surface area contributed by atoms with Crippen LogP contribution in [0, 0.1) is 5.92 Å². The van der Waals surface area contributed by atoms with Crippen LogP contribution in [0.1, 0.15) is 37.8 Å². The minimum absolute atomic E-state index is 0.108. The topological polar surface area (TPSA) is 77.8 Å². The van der Waals surface area contributed by atoms with E-state index >= 15 is 0 Å². The van der Waals surface area contributed by atoms with Gasteiger partial charge in [0, 0.05) is 13.1 Å². The minimum Gasteiger partial charge on any atom is -0.489 e. The number of thiazole rings is 1. The molecule has 8 heteroatoms. The number of esters is 1. The molecular weight excluding hydrogens is 488 g/mol. The molecule has 0 unspecified atom stereocenters. The molecule has 37 heavy (non-hydrogen) atoms. The van der Waals surface area contributed by atoms with Crippen LogP contribution in [0.25, 0.3) is 12.2 Å². The van der Waals surface area contributed by atoms with Gasteiger partial charge in [0.2, 0.25) is 5.91 Å². The van der Waals surface area contributed by atoms with E-state index in [0.29, 0.717) is 40.6 Å². The van der Waals surface area contributed by atoms with Crippen molar-refractivity contribution in [1.82, 2.24) is 9.47 Å². The maximum atomic E-state index is 13.4. The van der Waals surface area contributed by atoms with Crippen molar-refractivity contribution >= 4 is 35.4 Å². The van der Waals surface area contributed by atoms with Gasteiger partial charge in [0.05, 0.1) is 17.2 Å². The number of carbonyl (C=O) groups is 2. The number of hydrogen-bond acceptors (Lipinski definition) is 6. The van der Waals surface area contributed by atoms with E-state index in [0.717, 1.165) is 24.0 Å². The van der Waals surface area contributed by atoms with Gasteiger partial charge in [-0.25, -0.2) is 4.79 Å². The average Bonchev–Trinajstić information content (AvgIpc) is 3.17. The normalized spacial score (nSPS) is 15.1. The summed E-state index contributed by atoms with van der Waals surface area (Å²) in [6, 6.07) is 17.4. The van der Waals surface area contributed by atoms with Gasteiger partial charge >= 0.3 is 5.97 Å². The van der Waals surface area contributed by atoms with Crippen LogP contribution in [0.4, 0.5) is 0 Å². The minimum atomic E-state index is -0.542. The molecule has 4 rings (SSSR count). The zero-order valence-corrected chi connectivity index (χ0v) is 22.0. The van der Waals surface area contributed by atoms with E-state index in [9.17, 15) is 14.4 Å². The van der Waals surface area contributed by atoms with Crippen LogP contribution < -0.4 is 19.5 Å². The van der Waals surface area contributed by atoms with Crippen molar-refractivity contribution in [3.05, 3.63) is 85.3 Å². The monoisotopic (exact) mass is 520 g/mol. The van der Waals surface area contributed by atoms with E-state index in [2.05, 4.69) is 6.92 Å². The Morgan fingerprint density at radius 1 is 1.08 bits per heavy atom. The molecule has 1 aromatic heterocycles. The predicted octanol–water partition coefficient (Wildman–Crippen LogP) is 2.92. The van der Waals surface area contributed by atoms with Crippen molar-refractivity contribution in [1.29, 1.82) is 0 Å². The van der Waals surface area contributed by atoms with Crippen molar-refractivity contribution in [2.75, 3.05) is 19.7 Å². The second kappa shape index (κ2) is 12.5. The highest BCUT2D eigenvalue weighted by atomic mass is 32.1. The number of rotatable bonds is 8. The summed E-state index contributed by atoms with van der Waals surface area (Å²) in [6.07, 6.45) is 4.95. The number of aromatic nitrogens is 1. The molecule has 1 saturated heterocycles. The first-order valence-electron chi connectivity index (χ1n) is 12.6. The van der Waals surface area contributed by atoms with Gasteiger partial charge in [0.1, 0.15) is 23.6 Å². The molecule has 0 saturated carbocycles. The molecule has 1 fully saturated rings. The fraction of sp³-hybridized carbons (Fsp3) is 0.345. The molecular formula is C29H32N2O5S. The summed E-state index contributed by atoms with van der Waals surface area (Å²) in [4.78, 5) is 40.4. The van der Waals surface area contributed by atoms with Crippen LogP contribution >= 0.6 is 11.3 Å². The molecule has 1 aliphatic rings. The van der Waals surface area contributed by atoms with Gasteiger partial charge in [-0.2, -0.15) is 0 Å². The van der Waals surface area contributed by atoms with Crippen LogP contribution in [0.3, 0.4) is 0 Å². The molecule has 0 bridgehead atoms. The molecule has 3 aromatic rings. The molecule has 0 radical (unpaired) electrons. The van der Waals surface area contributed by atoms with Crippen LogP contribution in [0.15, 0.2) is 59.4 Å². The Kier molecular flexibility index (Phi) is 8.95. The van der Waals surface area contributed by atoms with Crippen molar-refractivity contribution in [3.8, 4) is 5.75 Å². The lowest BCUT2D eigenvalue weighted by Gasteiger charge is -2.30. The summed E-state index contributed by atoms with van der Waals surface area (Å²) in [5.74, 6) is 0.615. The Labute approximate surface area is 220 Å². The summed E-state index contributed by atoms with van der Waals surface area (Å²) >= 11 is 1.17. The molecule has 2 aromatic carbocycles. The summed E-state index contributed by atoms with van der Waals surface area (Å²) in [6.45, 7) is 5.83. The van der Waals surface area contributed by atoms with E-state index in [-0.39, 0.29) is 24.6 Å². The van der Waals surface area contributed by atoms with Gasteiger partial charge in [-0.3, -0.25) is 14.2 Å². The first-order chi connectivity index (χ1) is 17.9. The second-order valence-electron chi connectivity index (χ2n) is 9.15. The van der Waals surface area contributed by atoms with Gasteiger partial charge in [-0.15, -0.1) is 11.3 Å². The van der Waals surface area contributed by atoms with Crippen molar-refractivity contribution in [2.45, 2.75) is 39.8 Å². The molecule has 1 aliphatic heterocycles. The maximum Gasteiger partial charge on any atom is 0.333 e. The van der Waals surface area contributed by atoms with E-state index in [1.807, 2.05) is 54.6 Å². The Hall–Kier alpha value is -3.65. The molecule has 0 aliphatic carbocycles. The number of ether oxygens (including phenoxy) is 2. The number of nitrogens with zero attached hydrogens (tertiary/aromatic N) is 2. The summed E-state index contributed by atoms with van der Waals surface area (Å²) in [7, 11) is 0. The SMILES string of the molecule is CCOC(=O)C=c1sc(=Cc2cccc(OCc3ccccc3)c2)c(=O)n1CC(=O)N1CCC(C)CC1. The molecule has 0 atom stereocenters. The van der Waals surface area contributed by atoms with Crippen LogP contribution in [0.5, 0.6) is 5.75 Å². The first kappa shape index (κ1) is 26.4. The van der Waals surface area contributed by atoms with E-state index in [1.165, 1.54) is 22.0 Å². The fourth-order valence-corrected chi connectivity index (χ4v) is 5.19. The molecule has 1 amide bonds. The Balaban J connectivity index is 1.62. The smallest absolute Gasteiger partial charge is 0.333 e. The van der Waals surface area contributed by atoms with Crippen LogP contribution in [-0.2, 0) is 27.5 Å². The van der Waals surface area contributed by atoms with E-state index < -0.39 is 5.97 Å². The number of likely N-dealkylation sites (tertiary alicyclic amines) is 1. The number of amides is 1. The Morgan fingerprint density at radius 3 is 2.57 bits per heavy atom. The highest BCUT2D eigenvalue weighted by molar-refractivity contribution is 7.07. The van der Waals surface area contributed by atoms with E-state index in [4.69, 9.17) is 9.47 Å². The lowest BCUT2D eigenvalue weighted by atomic mass is 9.99. The van der Waals surface area contributed by atoms with Gasteiger partial charge in [0.25, 0.3) is 5.56 Å². The first-order valence-corrected chi connectivity index (χ1v) is 13.4. The van der Waals surface area contributed by atoms with Gasteiger partial charge in [-0.1, -0.05) is 49.4 Å². The lowest BCUT2D eigenvalue weighted by Crippen LogP contribution is -2.43. The quantitative estimate of drug-likeness (QED) is 0.427. The Bertz CT molecular complexity index is 1400. The van der Waals surface area contributed by atoms with Gasteiger partial charge in [-0.05, 0) is 55.0 Å². The zero-order chi connectivity index (χ0) is 26.2. The summed E-state index contributed by atoms with van der Waals surface area (Å²) in [5, 5.41) is 0. The summed E-state index contributed by atoms with van der Waals surface area (Å²) in [5.41, 5.74) is 1.54. The molecule has 2 heterocycles. The highest BCUT2D eigenvalue weighted by Gasteiger charge is 2.21. The largest absolute Gasteiger partial charge is 0.489 e. The van der Waals surface area contributed by atoms with Crippen LogP contribution in [-0.4, -0.2) is 41.0 Å². The summed E-state index contributed by atoms with van der Waals surface area (Å²) < 4.78 is 13.2. The number of benzene rings is 2. The van der Waals surface area contributed by atoms with Crippen molar-refractivity contribution < 1.29 is 19.1 Å². The molecule has 7 nitrogen and oxygen atoms in total. The van der Waals surface area contributed by atoms with Gasteiger partial charge < -0.3 is 14.4 Å². The molecule has 194 valence electrons. The zero-order valence-electron chi connectivity index (χ0n) is 21.2. The van der Waals surface area contributed by atoms with Crippen molar-refractivity contribution in [2.24, 2.45) is 5.92 Å². The third-order valence-electron chi connectivity index (χ3n) is 6.30. The van der Waals surface area contributed by atoms with Gasteiger partial charge in [0.15, 0.2) is 0 Å². The third-order valence-corrected chi connectivity index (χ3v) is 7.36.